The lowest BCUT2D eigenvalue weighted by Gasteiger charge is -2.40. The van der Waals surface area contributed by atoms with Crippen LogP contribution in [-0.4, -0.2) is 221 Å². The van der Waals surface area contributed by atoms with Crippen LogP contribution < -0.4 is 55.9 Å². The van der Waals surface area contributed by atoms with Gasteiger partial charge in [-0.15, -0.1) is 0 Å². The van der Waals surface area contributed by atoms with E-state index >= 15 is 0 Å². The topological polar surface area (TPSA) is 281 Å². The number of anilines is 5. The second-order valence-electron chi connectivity index (χ2n) is 24.6. The van der Waals surface area contributed by atoms with Crippen LogP contribution in [0, 0.1) is 5.92 Å². The second kappa shape index (κ2) is 33.0. The van der Waals surface area contributed by atoms with Crippen molar-refractivity contribution < 1.29 is 48.5 Å². The summed E-state index contributed by atoms with van der Waals surface area (Å²) >= 11 is 0. The average molecular weight is 1260 g/mol. The fraction of sp³-hybridized carbons (Fsp3) is 0.552. The Labute approximate surface area is 535 Å². The molecule has 7 heterocycles. The third kappa shape index (κ3) is 19.0. The molecule has 11 unspecified atom stereocenters. The van der Waals surface area contributed by atoms with Crippen LogP contribution in [0.25, 0.3) is 33.8 Å². The van der Waals surface area contributed by atoms with E-state index in [0.717, 1.165) is 78.1 Å². The monoisotopic (exact) mass is 1250 g/mol. The molecular formula is C67H94N14O10. The first kappa shape index (κ1) is 66.8. The van der Waals surface area contributed by atoms with E-state index in [0.29, 0.717) is 112 Å². The van der Waals surface area contributed by atoms with Crippen LogP contribution >= 0.6 is 0 Å². The smallest absolute Gasteiger partial charge is 0.227 e. The molecule has 4 aliphatic heterocycles. The van der Waals surface area contributed by atoms with Gasteiger partial charge in [0.15, 0.2) is 0 Å². The number of benzene rings is 3. The van der Waals surface area contributed by atoms with Gasteiger partial charge in [-0.25, -0.2) is 19.9 Å². The molecule has 6 aromatic rings. The van der Waals surface area contributed by atoms with E-state index < -0.39 is 18.3 Å². The first-order valence-electron chi connectivity index (χ1n) is 32.2. The Morgan fingerprint density at radius 1 is 0.560 bits per heavy atom. The van der Waals surface area contributed by atoms with Crippen LogP contribution in [0.5, 0.6) is 17.2 Å². The predicted molar refractivity (Wildman–Crippen MR) is 353 cm³/mol. The van der Waals surface area contributed by atoms with E-state index in [-0.39, 0.29) is 68.0 Å². The van der Waals surface area contributed by atoms with Gasteiger partial charge in [-0.05, 0) is 115 Å². The van der Waals surface area contributed by atoms with Crippen LogP contribution in [0.15, 0.2) is 91.0 Å². The highest BCUT2D eigenvalue weighted by Gasteiger charge is 2.37. The molecule has 4 fully saturated rings. The SMILES string of the molecule is CNCC(O)COc1cccc(-c2cc(NC3CCOC(C4CC(c5cc(-c6cccc(OCC(O)CNC)c6)nc(NC6CCOC6)n5)CCO4)C3)nc(NC(C)CC3COCCC3N(C)c3cc(-c4cccc(OCC(O)CNC)c4)nc(N(C)C)n3)n2)c1. The first-order valence-corrected chi connectivity index (χ1v) is 32.2. The Morgan fingerprint density at radius 2 is 1.11 bits per heavy atom. The number of hydrogen-bond donors (Lipinski definition) is 9. The van der Waals surface area contributed by atoms with Gasteiger partial charge in [0.1, 0.15) is 67.0 Å². The summed E-state index contributed by atoms with van der Waals surface area (Å²) in [6, 6.07) is 29.6. The minimum Gasteiger partial charge on any atom is -0.491 e. The number of aliphatic hydroxyl groups excluding tert-OH is 3. The number of aliphatic hydroxyl groups is 3. The summed E-state index contributed by atoms with van der Waals surface area (Å²) < 4.78 is 43.2. The maximum Gasteiger partial charge on any atom is 0.227 e. The van der Waals surface area contributed by atoms with Crippen molar-refractivity contribution in [3.8, 4) is 51.0 Å². The fourth-order valence-electron chi connectivity index (χ4n) is 12.3. The molecule has 24 heteroatoms. The molecule has 3 aromatic heterocycles. The van der Waals surface area contributed by atoms with Gasteiger partial charge in [0.2, 0.25) is 17.8 Å². The van der Waals surface area contributed by atoms with Gasteiger partial charge in [-0.3, -0.25) is 0 Å². The molecule has 4 aliphatic rings. The molecule has 0 amide bonds. The highest BCUT2D eigenvalue weighted by Crippen LogP contribution is 2.38. The Kier molecular flexibility index (Phi) is 24.2. The van der Waals surface area contributed by atoms with E-state index in [1.165, 1.54) is 0 Å². The van der Waals surface area contributed by atoms with Crippen molar-refractivity contribution >= 4 is 29.5 Å². The Morgan fingerprint density at radius 3 is 1.70 bits per heavy atom. The number of rotatable bonds is 31. The fourth-order valence-corrected chi connectivity index (χ4v) is 12.3. The highest BCUT2D eigenvalue weighted by molar-refractivity contribution is 5.68. The van der Waals surface area contributed by atoms with Gasteiger partial charge >= 0.3 is 0 Å². The quantitative estimate of drug-likeness (QED) is 0.0247. The van der Waals surface area contributed by atoms with Crippen LogP contribution in [-0.2, 0) is 18.9 Å². The molecule has 0 spiro atoms. The van der Waals surface area contributed by atoms with Crippen LogP contribution in [0.1, 0.15) is 63.5 Å². The summed E-state index contributed by atoms with van der Waals surface area (Å²) in [4.78, 5) is 34.7. The number of aromatic nitrogens is 6. The lowest BCUT2D eigenvalue weighted by Crippen LogP contribution is -2.46. The zero-order valence-electron chi connectivity index (χ0n) is 53.7. The molecule has 0 radical (unpaired) electrons. The molecule has 91 heavy (non-hydrogen) atoms. The molecule has 24 nitrogen and oxygen atoms in total. The summed E-state index contributed by atoms with van der Waals surface area (Å²) in [5.41, 5.74) is 5.78. The zero-order valence-corrected chi connectivity index (χ0v) is 53.7. The van der Waals surface area contributed by atoms with E-state index in [9.17, 15) is 15.3 Å². The molecule has 9 N–H and O–H groups in total. The summed E-state index contributed by atoms with van der Waals surface area (Å²) in [5.74, 6) is 5.20. The minimum absolute atomic E-state index is 0.00799. The summed E-state index contributed by atoms with van der Waals surface area (Å²) in [6.45, 7) is 7.47. The van der Waals surface area contributed by atoms with Crippen molar-refractivity contribution in [2.24, 2.45) is 5.92 Å². The van der Waals surface area contributed by atoms with Gasteiger partial charge < -0.3 is 90.2 Å². The maximum atomic E-state index is 10.5. The van der Waals surface area contributed by atoms with Gasteiger partial charge in [0, 0.05) is 132 Å². The largest absolute Gasteiger partial charge is 0.491 e. The standard InChI is InChI=1S/C67H94N14O10/c1-42(25-47-37-85-22-20-60(47)81(7)64-33-59(77-67(79-64)80(5)6)45-13-10-16-55(28-45)91-41-52(84)36-70-4)71-65-76-58(44-12-9-15-54(27-44)90-40-51(83)35-69-3)32-63(78-65)72-48-19-24-88-62(30-48)61-29-46(17-23-87-61)57-31-56(74-66(75-57)73-49-18-21-86-38-49)43-11-8-14-53(26-43)89-39-50(82)34-68-2/h8-16,26-28,31-33,42,46-52,60-62,68-70,82-84H,17-25,29-30,34-41H2,1-7H3,(H,73,74,75)(H2,71,72,76,78). The first-order chi connectivity index (χ1) is 44.2. The highest BCUT2D eigenvalue weighted by atomic mass is 16.5. The van der Waals surface area contributed by atoms with E-state index in [4.69, 9.17) is 63.1 Å². The van der Waals surface area contributed by atoms with Crippen molar-refractivity contribution in [1.29, 1.82) is 0 Å². The van der Waals surface area contributed by atoms with Gasteiger partial charge in [0.05, 0.1) is 48.5 Å². The van der Waals surface area contributed by atoms with Gasteiger partial charge in [-0.1, -0.05) is 36.4 Å². The molecular weight excluding hydrogens is 1160 g/mol. The van der Waals surface area contributed by atoms with E-state index in [1.807, 2.05) is 104 Å². The molecule has 10 rings (SSSR count). The third-order valence-corrected chi connectivity index (χ3v) is 17.0. The molecule has 4 saturated heterocycles. The van der Waals surface area contributed by atoms with Crippen molar-refractivity contribution in [1.82, 2.24) is 45.9 Å². The van der Waals surface area contributed by atoms with Crippen molar-refractivity contribution in [2.45, 2.75) is 112 Å². The van der Waals surface area contributed by atoms with Gasteiger partial charge in [0.25, 0.3) is 0 Å². The number of nitrogens with zero attached hydrogens (tertiary/aromatic N) is 8. The summed E-state index contributed by atoms with van der Waals surface area (Å²) in [6.07, 6.45) is 3.07. The third-order valence-electron chi connectivity index (χ3n) is 17.0. The summed E-state index contributed by atoms with van der Waals surface area (Å²) in [5, 5.41) is 51.2. The molecule has 11 atom stereocenters. The lowest BCUT2D eigenvalue weighted by atomic mass is 9.87. The Balaban J connectivity index is 0.854. The predicted octanol–water partition coefficient (Wildman–Crippen LogP) is 5.86. The Hall–Kier alpha value is -7.10. The molecule has 0 bridgehead atoms. The van der Waals surface area contributed by atoms with Crippen molar-refractivity contribution in [3.05, 3.63) is 96.7 Å². The molecule has 0 saturated carbocycles. The normalized spacial score (nSPS) is 22.3. The van der Waals surface area contributed by atoms with Crippen LogP contribution in [0.4, 0.5) is 29.5 Å². The minimum atomic E-state index is -0.673. The van der Waals surface area contributed by atoms with Crippen molar-refractivity contribution in [2.75, 3.05) is 147 Å². The number of ether oxygens (including phenoxy) is 7. The van der Waals surface area contributed by atoms with Crippen LogP contribution in [0.2, 0.25) is 0 Å². The zero-order chi connectivity index (χ0) is 63.6. The molecule has 0 aliphatic carbocycles. The number of hydrogen-bond acceptors (Lipinski definition) is 24. The van der Waals surface area contributed by atoms with E-state index in [1.54, 1.807) is 21.1 Å². The maximum absolute atomic E-state index is 10.5. The average Bonchev–Trinajstić information content (AvgIpc) is 1.70. The second-order valence-corrected chi connectivity index (χ2v) is 24.6. The Bertz CT molecular complexity index is 3240. The van der Waals surface area contributed by atoms with Crippen molar-refractivity contribution in [3.63, 3.8) is 0 Å². The van der Waals surface area contributed by atoms with Gasteiger partial charge in [-0.2, -0.15) is 9.97 Å². The van der Waals surface area contributed by atoms with E-state index in [2.05, 4.69) is 56.8 Å². The molecule has 3 aromatic carbocycles. The number of nitrogens with one attached hydrogen (secondary N) is 6. The molecule has 492 valence electrons. The number of likely N-dealkylation sites (N-methyl/N-ethyl adjacent to an activating group) is 3. The lowest BCUT2D eigenvalue weighted by molar-refractivity contribution is -0.114. The van der Waals surface area contributed by atoms with Crippen LogP contribution in [0.3, 0.4) is 0 Å². The summed E-state index contributed by atoms with van der Waals surface area (Å²) in [7, 11) is 11.4.